The fraction of sp³-hybridized carbons (Fsp3) is 0.385. The van der Waals surface area contributed by atoms with Crippen molar-refractivity contribution in [2.45, 2.75) is 18.8 Å². The number of fused-ring (bicyclic) bond motifs is 1. The number of aromatic amines is 1. The predicted octanol–water partition coefficient (Wildman–Crippen LogP) is 2.33. The Morgan fingerprint density at radius 1 is 1.29 bits per heavy atom. The van der Waals surface area contributed by atoms with Gasteiger partial charge in [0.15, 0.2) is 11.0 Å². The molecule has 6 nitrogen and oxygen atoms in total. The lowest BCUT2D eigenvalue weighted by Gasteiger charge is -2.30. The van der Waals surface area contributed by atoms with E-state index in [4.69, 9.17) is 0 Å². The summed E-state index contributed by atoms with van der Waals surface area (Å²) >= 11 is 1.42. The van der Waals surface area contributed by atoms with Gasteiger partial charge in [0.2, 0.25) is 0 Å². The number of H-pyrrole nitrogens is 1. The number of hydrogen-bond acceptors (Lipinski definition) is 6. The zero-order valence-electron chi connectivity index (χ0n) is 11.2. The lowest BCUT2D eigenvalue weighted by atomic mass is 9.97. The second-order valence-electron chi connectivity index (χ2n) is 5.12. The molecule has 1 aliphatic heterocycles. The first kappa shape index (κ1) is 12.6. The van der Waals surface area contributed by atoms with Crippen LogP contribution in [0.2, 0.25) is 0 Å². The predicted molar refractivity (Wildman–Crippen MR) is 77.9 cm³/mol. The molecule has 1 aliphatic rings. The van der Waals surface area contributed by atoms with Gasteiger partial charge in [0.1, 0.15) is 5.82 Å². The zero-order chi connectivity index (χ0) is 14.2. The summed E-state index contributed by atoms with van der Waals surface area (Å²) in [6.07, 6.45) is 1.91. The van der Waals surface area contributed by atoms with Crippen LogP contribution in [-0.2, 0) is 0 Å². The van der Waals surface area contributed by atoms with Crippen LogP contribution < -0.4 is 4.90 Å². The van der Waals surface area contributed by atoms with Crippen molar-refractivity contribution in [3.8, 4) is 0 Å². The summed E-state index contributed by atoms with van der Waals surface area (Å²) < 4.78 is 14.4. The third-order valence-corrected chi connectivity index (χ3v) is 4.99. The van der Waals surface area contributed by atoms with Crippen LogP contribution in [0.15, 0.2) is 18.2 Å². The van der Waals surface area contributed by atoms with Gasteiger partial charge in [0, 0.05) is 19.0 Å². The number of nitrogens with zero attached hydrogens (tertiary/aromatic N) is 5. The highest BCUT2D eigenvalue weighted by Gasteiger charge is 2.25. The molecular weight excluding hydrogens is 291 g/mol. The standard InChI is InChI=1S/C13H13FN6S/c14-9-2-1-3-10-11(9)21-13(15-10)20-6-4-8(5-7-20)12-16-18-19-17-12/h1-3,8H,4-7H2,(H,16,17,18,19). The molecular formula is C13H13FN6S. The Balaban J connectivity index is 1.53. The van der Waals surface area contributed by atoms with Crippen LogP contribution in [0.3, 0.4) is 0 Å². The van der Waals surface area contributed by atoms with Crippen LogP contribution in [0.5, 0.6) is 0 Å². The number of rotatable bonds is 2. The number of aromatic nitrogens is 5. The number of piperidine rings is 1. The van der Waals surface area contributed by atoms with Crippen LogP contribution in [0.4, 0.5) is 9.52 Å². The topological polar surface area (TPSA) is 70.6 Å². The molecule has 2 aromatic heterocycles. The van der Waals surface area contributed by atoms with Crippen molar-refractivity contribution in [3.05, 3.63) is 29.8 Å². The average Bonchev–Trinajstić information content (AvgIpc) is 3.18. The summed E-state index contributed by atoms with van der Waals surface area (Å²) in [4.78, 5) is 6.75. The van der Waals surface area contributed by atoms with E-state index in [0.717, 1.165) is 42.4 Å². The number of anilines is 1. The number of thiazole rings is 1. The second kappa shape index (κ2) is 5.03. The number of benzene rings is 1. The second-order valence-corrected chi connectivity index (χ2v) is 6.09. The minimum atomic E-state index is -0.196. The molecule has 3 heterocycles. The summed E-state index contributed by atoms with van der Waals surface area (Å²) in [7, 11) is 0. The molecule has 0 radical (unpaired) electrons. The Labute approximate surface area is 124 Å². The smallest absolute Gasteiger partial charge is 0.186 e. The van der Waals surface area contributed by atoms with Crippen LogP contribution >= 0.6 is 11.3 Å². The monoisotopic (exact) mass is 304 g/mol. The Hall–Kier alpha value is -2.09. The van der Waals surface area contributed by atoms with E-state index in [9.17, 15) is 4.39 Å². The van der Waals surface area contributed by atoms with Crippen molar-refractivity contribution >= 4 is 26.7 Å². The molecule has 1 aromatic carbocycles. The van der Waals surface area contributed by atoms with Crippen molar-refractivity contribution in [2.75, 3.05) is 18.0 Å². The van der Waals surface area contributed by atoms with Crippen LogP contribution in [-0.4, -0.2) is 38.7 Å². The highest BCUT2D eigenvalue weighted by atomic mass is 32.1. The number of hydrogen-bond donors (Lipinski definition) is 1. The molecule has 0 spiro atoms. The highest BCUT2D eigenvalue weighted by molar-refractivity contribution is 7.22. The fourth-order valence-electron chi connectivity index (χ4n) is 2.71. The van der Waals surface area contributed by atoms with Crippen LogP contribution in [0.25, 0.3) is 10.2 Å². The van der Waals surface area contributed by atoms with E-state index in [1.807, 2.05) is 6.07 Å². The lowest BCUT2D eigenvalue weighted by molar-refractivity contribution is 0.486. The Morgan fingerprint density at radius 3 is 2.86 bits per heavy atom. The number of nitrogens with one attached hydrogen (secondary N) is 1. The molecule has 1 fully saturated rings. The molecule has 21 heavy (non-hydrogen) atoms. The maximum absolute atomic E-state index is 13.7. The number of halogens is 1. The lowest BCUT2D eigenvalue weighted by Crippen LogP contribution is -2.33. The first-order valence-corrected chi connectivity index (χ1v) is 7.66. The third-order valence-electron chi connectivity index (χ3n) is 3.85. The molecule has 1 saturated heterocycles. The van der Waals surface area contributed by atoms with Crippen molar-refractivity contribution in [2.24, 2.45) is 0 Å². The van der Waals surface area contributed by atoms with Gasteiger partial charge in [0.25, 0.3) is 0 Å². The summed E-state index contributed by atoms with van der Waals surface area (Å²) in [5.74, 6) is 0.925. The van der Waals surface area contributed by atoms with Gasteiger partial charge in [-0.3, -0.25) is 0 Å². The summed E-state index contributed by atoms with van der Waals surface area (Å²) in [5, 5.41) is 15.1. The normalized spacial score (nSPS) is 16.7. The van der Waals surface area contributed by atoms with E-state index in [2.05, 4.69) is 30.5 Å². The van der Waals surface area contributed by atoms with Gasteiger partial charge in [-0.15, -0.1) is 10.2 Å². The summed E-state index contributed by atoms with van der Waals surface area (Å²) in [6, 6.07) is 5.03. The molecule has 4 rings (SSSR count). The van der Waals surface area contributed by atoms with Crippen molar-refractivity contribution in [1.82, 2.24) is 25.6 Å². The first-order valence-electron chi connectivity index (χ1n) is 6.84. The minimum absolute atomic E-state index is 0.196. The molecule has 0 atom stereocenters. The quantitative estimate of drug-likeness (QED) is 0.787. The van der Waals surface area contributed by atoms with Gasteiger partial charge < -0.3 is 4.90 Å². The highest BCUT2D eigenvalue weighted by Crippen LogP contribution is 2.34. The van der Waals surface area contributed by atoms with Gasteiger partial charge >= 0.3 is 0 Å². The van der Waals surface area contributed by atoms with E-state index in [1.165, 1.54) is 17.4 Å². The van der Waals surface area contributed by atoms with Gasteiger partial charge in [-0.2, -0.15) is 5.21 Å². The van der Waals surface area contributed by atoms with E-state index in [1.54, 1.807) is 6.07 Å². The SMILES string of the molecule is Fc1cccc2nc(N3CCC(c4nn[nH]n4)CC3)sc12. The van der Waals surface area contributed by atoms with E-state index >= 15 is 0 Å². The van der Waals surface area contributed by atoms with Gasteiger partial charge in [0.05, 0.1) is 10.2 Å². The molecule has 0 amide bonds. The Bertz CT molecular complexity index is 747. The van der Waals surface area contributed by atoms with E-state index in [0.29, 0.717) is 10.6 Å². The molecule has 0 aliphatic carbocycles. The molecule has 1 N–H and O–H groups in total. The Kier molecular flexibility index (Phi) is 3.03. The van der Waals surface area contributed by atoms with Crippen LogP contribution in [0, 0.1) is 5.82 Å². The van der Waals surface area contributed by atoms with Crippen molar-refractivity contribution in [3.63, 3.8) is 0 Å². The van der Waals surface area contributed by atoms with Crippen molar-refractivity contribution < 1.29 is 4.39 Å². The molecule has 8 heteroatoms. The molecule has 108 valence electrons. The first-order chi connectivity index (χ1) is 10.3. The molecule has 0 bridgehead atoms. The van der Waals surface area contributed by atoms with Crippen molar-refractivity contribution in [1.29, 1.82) is 0 Å². The minimum Gasteiger partial charge on any atom is -0.348 e. The van der Waals surface area contributed by atoms with Gasteiger partial charge in [-0.25, -0.2) is 9.37 Å². The zero-order valence-corrected chi connectivity index (χ0v) is 12.0. The molecule has 0 unspecified atom stereocenters. The average molecular weight is 304 g/mol. The number of tetrazole rings is 1. The van der Waals surface area contributed by atoms with E-state index in [-0.39, 0.29) is 5.82 Å². The summed E-state index contributed by atoms with van der Waals surface area (Å²) in [5.41, 5.74) is 0.732. The maximum atomic E-state index is 13.7. The van der Waals surface area contributed by atoms with E-state index < -0.39 is 0 Å². The van der Waals surface area contributed by atoms with Gasteiger partial charge in [-0.1, -0.05) is 22.6 Å². The molecule has 0 saturated carbocycles. The maximum Gasteiger partial charge on any atom is 0.186 e. The fourth-order valence-corrected chi connectivity index (χ4v) is 3.73. The van der Waals surface area contributed by atoms with Gasteiger partial charge in [-0.05, 0) is 25.0 Å². The Morgan fingerprint density at radius 2 is 2.14 bits per heavy atom. The third kappa shape index (κ3) is 2.25. The molecule has 3 aromatic rings. The summed E-state index contributed by atoms with van der Waals surface area (Å²) in [6.45, 7) is 1.75. The van der Waals surface area contributed by atoms with Crippen LogP contribution in [0.1, 0.15) is 24.6 Å². The largest absolute Gasteiger partial charge is 0.348 e.